The summed E-state index contributed by atoms with van der Waals surface area (Å²) in [6.07, 6.45) is 1.82. The molecule has 1 aliphatic rings. The monoisotopic (exact) mass is 213 g/mol. The Labute approximate surface area is 84.5 Å². The van der Waals surface area contributed by atoms with Gasteiger partial charge in [0.25, 0.3) is 0 Å². The Bertz CT molecular complexity index is 346. The molecule has 1 heterocycles. The number of hydrogen-bond donors (Lipinski definition) is 4. The number of allylic oxidation sites excluding steroid dienone is 1. The van der Waals surface area contributed by atoms with Gasteiger partial charge < -0.3 is 20.3 Å². The number of carboxylic acids is 2. The zero-order chi connectivity index (χ0) is 11.6. The van der Waals surface area contributed by atoms with Gasteiger partial charge >= 0.3 is 19.1 Å². The van der Waals surface area contributed by atoms with Crippen LogP contribution in [0.4, 0.5) is 0 Å². The summed E-state index contributed by atoms with van der Waals surface area (Å²) < 4.78 is 0. The molecular formula is C7H8BNO6. The molecule has 0 aliphatic carbocycles. The SMILES string of the molecule is O=C(O)C1(C(=O)O)C=C(B(O)O)C=NC1. The van der Waals surface area contributed by atoms with Crippen LogP contribution in [0, 0.1) is 5.41 Å². The molecule has 0 unspecified atom stereocenters. The van der Waals surface area contributed by atoms with Crippen LogP contribution in [0.2, 0.25) is 0 Å². The van der Waals surface area contributed by atoms with Crippen molar-refractivity contribution in [2.75, 3.05) is 6.54 Å². The van der Waals surface area contributed by atoms with Crippen molar-refractivity contribution in [2.45, 2.75) is 0 Å². The van der Waals surface area contributed by atoms with Crippen LogP contribution in [-0.2, 0) is 9.59 Å². The van der Waals surface area contributed by atoms with Gasteiger partial charge in [0.15, 0.2) is 0 Å². The van der Waals surface area contributed by atoms with Crippen molar-refractivity contribution in [1.29, 1.82) is 0 Å². The average Bonchev–Trinajstić information content (AvgIpc) is 2.17. The fourth-order valence-corrected chi connectivity index (χ4v) is 1.15. The summed E-state index contributed by atoms with van der Waals surface area (Å²) in [6.45, 7) is -0.464. The van der Waals surface area contributed by atoms with Crippen molar-refractivity contribution in [3.05, 3.63) is 11.5 Å². The second-order valence-corrected chi connectivity index (χ2v) is 3.07. The number of carbonyl (C=O) groups is 2. The Morgan fingerprint density at radius 1 is 1.33 bits per heavy atom. The van der Waals surface area contributed by atoms with Crippen LogP contribution < -0.4 is 0 Å². The summed E-state index contributed by atoms with van der Waals surface area (Å²) in [6, 6.07) is 0. The van der Waals surface area contributed by atoms with Gasteiger partial charge in [-0.05, 0) is 5.47 Å². The average molecular weight is 213 g/mol. The summed E-state index contributed by atoms with van der Waals surface area (Å²) in [5, 5.41) is 35.2. The van der Waals surface area contributed by atoms with Crippen molar-refractivity contribution in [3.8, 4) is 0 Å². The molecule has 0 saturated heterocycles. The van der Waals surface area contributed by atoms with Crippen LogP contribution >= 0.6 is 0 Å². The summed E-state index contributed by atoms with van der Waals surface area (Å²) in [5.41, 5.74) is -2.46. The molecule has 7 nitrogen and oxygen atoms in total. The minimum Gasteiger partial charge on any atom is -0.480 e. The molecule has 80 valence electrons. The second kappa shape index (κ2) is 3.83. The molecular weight excluding hydrogens is 205 g/mol. The third-order valence-electron chi connectivity index (χ3n) is 2.06. The van der Waals surface area contributed by atoms with Crippen molar-refractivity contribution in [3.63, 3.8) is 0 Å². The van der Waals surface area contributed by atoms with Gasteiger partial charge in [-0.25, -0.2) is 0 Å². The predicted molar refractivity (Wildman–Crippen MR) is 49.3 cm³/mol. The van der Waals surface area contributed by atoms with Crippen LogP contribution in [0.1, 0.15) is 0 Å². The molecule has 0 radical (unpaired) electrons. The third-order valence-corrected chi connectivity index (χ3v) is 2.06. The Hall–Kier alpha value is -1.67. The van der Waals surface area contributed by atoms with E-state index in [1.807, 2.05) is 0 Å². The Morgan fingerprint density at radius 2 is 1.87 bits per heavy atom. The van der Waals surface area contributed by atoms with Crippen LogP contribution in [0.15, 0.2) is 16.5 Å². The van der Waals surface area contributed by atoms with Crippen molar-refractivity contribution < 1.29 is 29.9 Å². The lowest BCUT2D eigenvalue weighted by molar-refractivity contribution is -0.159. The predicted octanol–water partition coefficient (Wildman–Crippen LogP) is -1.84. The van der Waals surface area contributed by atoms with E-state index in [2.05, 4.69) is 4.99 Å². The fraction of sp³-hybridized carbons (Fsp3) is 0.286. The molecule has 0 spiro atoms. The van der Waals surface area contributed by atoms with E-state index in [1.165, 1.54) is 0 Å². The van der Waals surface area contributed by atoms with E-state index >= 15 is 0 Å². The van der Waals surface area contributed by atoms with Gasteiger partial charge in [0.05, 0.1) is 6.54 Å². The van der Waals surface area contributed by atoms with Crippen LogP contribution in [0.3, 0.4) is 0 Å². The highest BCUT2D eigenvalue weighted by atomic mass is 16.4. The van der Waals surface area contributed by atoms with E-state index in [0.717, 1.165) is 12.3 Å². The second-order valence-electron chi connectivity index (χ2n) is 3.07. The van der Waals surface area contributed by atoms with Crippen molar-refractivity contribution in [1.82, 2.24) is 0 Å². The first-order valence-electron chi connectivity index (χ1n) is 3.95. The molecule has 0 fully saturated rings. The summed E-state index contributed by atoms with van der Waals surface area (Å²) in [4.78, 5) is 25.1. The maximum absolute atomic E-state index is 10.8. The van der Waals surface area contributed by atoms with E-state index in [9.17, 15) is 9.59 Å². The van der Waals surface area contributed by atoms with Crippen molar-refractivity contribution in [2.24, 2.45) is 10.4 Å². The number of carboxylic acid groups (broad SMARTS) is 2. The van der Waals surface area contributed by atoms with Gasteiger partial charge in [0.2, 0.25) is 5.41 Å². The maximum atomic E-state index is 10.8. The van der Waals surface area contributed by atoms with Gasteiger partial charge in [0, 0.05) is 6.21 Å². The number of rotatable bonds is 3. The first-order chi connectivity index (χ1) is 6.90. The molecule has 1 aliphatic heterocycles. The van der Waals surface area contributed by atoms with Gasteiger partial charge in [-0.2, -0.15) is 0 Å². The molecule has 8 heteroatoms. The lowest BCUT2D eigenvalue weighted by Crippen LogP contribution is -2.43. The van der Waals surface area contributed by atoms with Gasteiger partial charge in [-0.3, -0.25) is 14.6 Å². The lowest BCUT2D eigenvalue weighted by atomic mass is 9.72. The zero-order valence-corrected chi connectivity index (χ0v) is 7.49. The molecule has 0 aromatic heterocycles. The zero-order valence-electron chi connectivity index (χ0n) is 7.49. The molecule has 15 heavy (non-hydrogen) atoms. The first-order valence-corrected chi connectivity index (χ1v) is 3.95. The van der Waals surface area contributed by atoms with E-state index in [4.69, 9.17) is 20.3 Å². The Morgan fingerprint density at radius 3 is 2.27 bits per heavy atom. The summed E-state index contributed by atoms with van der Waals surface area (Å²) in [7, 11) is -1.94. The topological polar surface area (TPSA) is 127 Å². The van der Waals surface area contributed by atoms with Gasteiger partial charge in [-0.1, -0.05) is 6.08 Å². The first kappa shape index (κ1) is 11.4. The molecule has 0 saturated carbocycles. The fourth-order valence-electron chi connectivity index (χ4n) is 1.15. The molecule has 4 N–H and O–H groups in total. The van der Waals surface area contributed by atoms with Crippen LogP contribution in [-0.4, -0.2) is 52.1 Å². The maximum Gasteiger partial charge on any atom is 0.489 e. The third kappa shape index (κ3) is 1.90. The van der Waals surface area contributed by atoms with E-state index in [-0.39, 0.29) is 5.47 Å². The Kier molecular flexibility index (Phi) is 2.92. The van der Waals surface area contributed by atoms with E-state index in [1.54, 1.807) is 0 Å². The van der Waals surface area contributed by atoms with Gasteiger partial charge in [-0.15, -0.1) is 0 Å². The minimum absolute atomic E-state index is 0.244. The highest BCUT2D eigenvalue weighted by Crippen LogP contribution is 2.25. The summed E-state index contributed by atoms with van der Waals surface area (Å²) >= 11 is 0. The van der Waals surface area contributed by atoms with E-state index in [0.29, 0.717) is 0 Å². The summed E-state index contributed by atoms with van der Waals surface area (Å²) in [5.74, 6) is -3.19. The smallest absolute Gasteiger partial charge is 0.480 e. The Balaban J connectivity index is 3.19. The lowest BCUT2D eigenvalue weighted by Gasteiger charge is -2.22. The normalized spacial score (nSPS) is 18.1. The standard InChI is InChI=1S/C7H8BNO6/c10-5(11)7(6(12)13)1-4(8(14)15)2-9-3-7/h1-2,14-15H,3H2,(H,10,11)(H,12,13). The number of dihydropyridines is 1. The number of nitrogens with zero attached hydrogens (tertiary/aromatic N) is 1. The molecule has 0 aromatic carbocycles. The largest absolute Gasteiger partial charge is 0.489 e. The van der Waals surface area contributed by atoms with E-state index < -0.39 is 31.0 Å². The van der Waals surface area contributed by atoms with Crippen molar-refractivity contribution >= 4 is 25.3 Å². The molecule has 0 amide bonds. The van der Waals surface area contributed by atoms with Crippen LogP contribution in [0.5, 0.6) is 0 Å². The molecule has 0 aromatic rings. The van der Waals surface area contributed by atoms with Crippen LogP contribution in [0.25, 0.3) is 0 Å². The molecule has 0 atom stereocenters. The number of aliphatic carboxylic acids is 2. The highest BCUT2D eigenvalue weighted by Gasteiger charge is 2.46. The number of hydrogen-bond acceptors (Lipinski definition) is 5. The number of aliphatic imine (C=N–C) groups is 1. The quantitative estimate of drug-likeness (QED) is 0.322. The minimum atomic E-state index is -2.21. The van der Waals surface area contributed by atoms with Gasteiger partial charge in [0.1, 0.15) is 0 Å². The molecule has 1 rings (SSSR count). The molecule has 0 bridgehead atoms. The highest BCUT2D eigenvalue weighted by molar-refractivity contribution is 6.57.